The lowest BCUT2D eigenvalue weighted by molar-refractivity contribution is -0.157. The molecule has 7 nitrogen and oxygen atoms in total. The summed E-state index contributed by atoms with van der Waals surface area (Å²) in [6.45, 7) is 1.80. The van der Waals surface area contributed by atoms with Gasteiger partial charge in [-0.3, -0.25) is 4.79 Å². The summed E-state index contributed by atoms with van der Waals surface area (Å²) in [5.74, 6) is 0.533. The van der Waals surface area contributed by atoms with E-state index in [1.165, 1.54) is 0 Å². The van der Waals surface area contributed by atoms with Crippen molar-refractivity contribution in [3.8, 4) is 5.75 Å². The van der Waals surface area contributed by atoms with E-state index in [2.05, 4.69) is 10.3 Å². The smallest absolute Gasteiger partial charge is 0.256 e. The predicted octanol–water partition coefficient (Wildman–Crippen LogP) is 1.99. The van der Waals surface area contributed by atoms with E-state index in [1.54, 1.807) is 12.0 Å². The molecule has 152 valence electrons. The molecule has 0 radical (unpaired) electrons. The summed E-state index contributed by atoms with van der Waals surface area (Å²) >= 11 is 0. The van der Waals surface area contributed by atoms with E-state index in [0.29, 0.717) is 26.1 Å². The second-order valence-corrected chi connectivity index (χ2v) is 7.52. The van der Waals surface area contributed by atoms with Gasteiger partial charge in [0, 0.05) is 38.6 Å². The molecule has 1 fully saturated rings. The van der Waals surface area contributed by atoms with E-state index in [9.17, 15) is 9.90 Å². The highest BCUT2D eigenvalue weighted by molar-refractivity contribution is 5.86. The van der Waals surface area contributed by atoms with Crippen LogP contribution < -0.4 is 10.1 Å². The molecular formula is C22H26N4O3. The van der Waals surface area contributed by atoms with Crippen molar-refractivity contribution in [3.05, 3.63) is 66.1 Å². The van der Waals surface area contributed by atoms with Crippen LogP contribution in [0.5, 0.6) is 5.75 Å². The Kier molecular flexibility index (Phi) is 5.51. The lowest BCUT2D eigenvalue weighted by Crippen LogP contribution is -2.57. The van der Waals surface area contributed by atoms with Crippen LogP contribution in [0.15, 0.2) is 54.9 Å². The standard InChI is InChI=1S/C22H26N4O3/c1-29-19-7-4-6-17(12-19)14-26-11-5-9-22(28,21(26)27)16-23-13-18-15-25-10-3-2-8-20(25)24-18/h2-4,6-8,10,12,15,23,28H,5,9,11,13-14,16H2,1H3/t22-/m1/s1. The SMILES string of the molecule is COc1cccc(CN2CCC[C@@](O)(CNCc3cn4ccccc4n3)C2=O)c1. The number of rotatable bonds is 7. The molecule has 29 heavy (non-hydrogen) atoms. The average Bonchev–Trinajstić information content (AvgIpc) is 3.14. The average molecular weight is 394 g/mol. The van der Waals surface area contributed by atoms with Gasteiger partial charge < -0.3 is 24.5 Å². The number of nitrogens with zero attached hydrogens (tertiary/aromatic N) is 3. The quantitative estimate of drug-likeness (QED) is 0.641. The van der Waals surface area contributed by atoms with Gasteiger partial charge in [-0.2, -0.15) is 0 Å². The van der Waals surface area contributed by atoms with Gasteiger partial charge in [0.2, 0.25) is 0 Å². The number of hydrogen-bond donors (Lipinski definition) is 2. The minimum atomic E-state index is -1.39. The highest BCUT2D eigenvalue weighted by Crippen LogP contribution is 2.25. The summed E-state index contributed by atoms with van der Waals surface area (Å²) < 4.78 is 7.21. The van der Waals surface area contributed by atoms with Crippen LogP contribution in [0.25, 0.3) is 5.65 Å². The van der Waals surface area contributed by atoms with Crippen molar-refractivity contribution in [3.63, 3.8) is 0 Å². The number of hydrogen-bond acceptors (Lipinski definition) is 5. The maximum Gasteiger partial charge on any atom is 0.256 e. The summed E-state index contributed by atoms with van der Waals surface area (Å²) in [7, 11) is 1.62. The van der Waals surface area contributed by atoms with Crippen molar-refractivity contribution in [2.45, 2.75) is 31.5 Å². The molecule has 0 spiro atoms. The van der Waals surface area contributed by atoms with Crippen LogP contribution in [0.2, 0.25) is 0 Å². The molecule has 3 heterocycles. The molecule has 4 rings (SSSR count). The molecule has 7 heteroatoms. The van der Waals surface area contributed by atoms with E-state index in [1.807, 2.05) is 59.3 Å². The van der Waals surface area contributed by atoms with Gasteiger partial charge in [0.25, 0.3) is 5.91 Å². The van der Waals surface area contributed by atoms with E-state index < -0.39 is 5.60 Å². The zero-order valence-corrected chi connectivity index (χ0v) is 16.5. The molecule has 2 aromatic heterocycles. The van der Waals surface area contributed by atoms with Crippen molar-refractivity contribution in [1.29, 1.82) is 0 Å². The third-order valence-electron chi connectivity index (χ3n) is 5.35. The Balaban J connectivity index is 1.37. The number of likely N-dealkylation sites (tertiary alicyclic amines) is 1. The van der Waals surface area contributed by atoms with Gasteiger partial charge in [-0.05, 0) is 42.7 Å². The molecule has 1 aromatic carbocycles. The minimum absolute atomic E-state index is 0.203. The molecular weight excluding hydrogens is 368 g/mol. The number of benzene rings is 1. The van der Waals surface area contributed by atoms with Crippen molar-refractivity contribution < 1.29 is 14.6 Å². The number of imidazole rings is 1. The summed E-state index contributed by atoms with van der Waals surface area (Å²) in [5, 5.41) is 14.2. The Morgan fingerprint density at radius 2 is 2.17 bits per heavy atom. The molecule has 1 amide bonds. The van der Waals surface area contributed by atoms with Crippen molar-refractivity contribution in [1.82, 2.24) is 19.6 Å². The number of amides is 1. The second kappa shape index (κ2) is 8.23. The number of piperidine rings is 1. The third kappa shape index (κ3) is 4.26. The van der Waals surface area contributed by atoms with Gasteiger partial charge in [-0.15, -0.1) is 0 Å². The lowest BCUT2D eigenvalue weighted by atomic mass is 9.91. The molecule has 1 aliphatic heterocycles. The zero-order chi connectivity index (χ0) is 20.3. The Hall–Kier alpha value is -2.90. The van der Waals surface area contributed by atoms with Crippen LogP contribution in [-0.2, 0) is 17.9 Å². The Morgan fingerprint density at radius 3 is 3.00 bits per heavy atom. The van der Waals surface area contributed by atoms with Gasteiger partial charge in [0.1, 0.15) is 11.4 Å². The Labute approximate surface area is 169 Å². The van der Waals surface area contributed by atoms with Crippen LogP contribution >= 0.6 is 0 Å². The van der Waals surface area contributed by atoms with Gasteiger partial charge >= 0.3 is 0 Å². The normalized spacial score (nSPS) is 19.7. The number of nitrogens with one attached hydrogen (secondary N) is 1. The fourth-order valence-electron chi connectivity index (χ4n) is 3.84. The summed E-state index contributed by atoms with van der Waals surface area (Å²) in [5.41, 5.74) is 1.34. The minimum Gasteiger partial charge on any atom is -0.497 e. The van der Waals surface area contributed by atoms with Crippen molar-refractivity contribution in [2.75, 3.05) is 20.2 Å². The third-order valence-corrected chi connectivity index (χ3v) is 5.35. The Morgan fingerprint density at radius 1 is 1.28 bits per heavy atom. The van der Waals surface area contributed by atoms with E-state index >= 15 is 0 Å². The highest BCUT2D eigenvalue weighted by atomic mass is 16.5. The molecule has 1 saturated heterocycles. The number of ether oxygens (including phenoxy) is 1. The van der Waals surface area contributed by atoms with Crippen LogP contribution in [0.1, 0.15) is 24.1 Å². The largest absolute Gasteiger partial charge is 0.497 e. The molecule has 0 bridgehead atoms. The van der Waals surface area contributed by atoms with Gasteiger partial charge in [0.05, 0.1) is 12.8 Å². The maximum absolute atomic E-state index is 13.0. The van der Waals surface area contributed by atoms with Crippen molar-refractivity contribution in [2.24, 2.45) is 0 Å². The number of carbonyl (C=O) groups is 1. The zero-order valence-electron chi connectivity index (χ0n) is 16.5. The Bertz CT molecular complexity index is 969. The number of carbonyl (C=O) groups excluding carboxylic acids is 1. The fraction of sp³-hybridized carbons (Fsp3) is 0.364. The van der Waals surface area contributed by atoms with Crippen LogP contribution in [0.4, 0.5) is 0 Å². The monoisotopic (exact) mass is 394 g/mol. The summed E-state index contributed by atoms with van der Waals surface area (Å²) in [6.07, 6.45) is 5.12. The van der Waals surface area contributed by atoms with Gasteiger partial charge in [-0.25, -0.2) is 4.98 Å². The molecule has 1 aliphatic rings. The summed E-state index contributed by atoms with van der Waals surface area (Å²) in [4.78, 5) is 19.2. The van der Waals surface area contributed by atoms with E-state index in [4.69, 9.17) is 4.74 Å². The van der Waals surface area contributed by atoms with E-state index in [-0.39, 0.29) is 12.5 Å². The van der Waals surface area contributed by atoms with Gasteiger partial charge in [-0.1, -0.05) is 18.2 Å². The molecule has 0 saturated carbocycles. The number of aromatic nitrogens is 2. The maximum atomic E-state index is 13.0. The first-order valence-electron chi connectivity index (χ1n) is 9.85. The molecule has 1 atom stereocenters. The number of fused-ring (bicyclic) bond motifs is 1. The molecule has 3 aromatic rings. The number of pyridine rings is 1. The first-order valence-corrected chi connectivity index (χ1v) is 9.85. The lowest BCUT2D eigenvalue weighted by Gasteiger charge is -2.38. The van der Waals surface area contributed by atoms with Crippen molar-refractivity contribution >= 4 is 11.6 Å². The van der Waals surface area contributed by atoms with Crippen LogP contribution in [-0.4, -0.2) is 51.1 Å². The number of aliphatic hydroxyl groups is 1. The fourth-order valence-corrected chi connectivity index (χ4v) is 3.84. The summed E-state index contributed by atoms with van der Waals surface area (Å²) in [6, 6.07) is 13.5. The van der Waals surface area contributed by atoms with Gasteiger partial charge in [0.15, 0.2) is 5.60 Å². The second-order valence-electron chi connectivity index (χ2n) is 7.52. The highest BCUT2D eigenvalue weighted by Gasteiger charge is 2.41. The van der Waals surface area contributed by atoms with Crippen LogP contribution in [0.3, 0.4) is 0 Å². The first kappa shape index (κ1) is 19.4. The first-order chi connectivity index (χ1) is 14.1. The molecule has 2 N–H and O–H groups in total. The topological polar surface area (TPSA) is 79.1 Å². The molecule has 0 unspecified atom stereocenters. The van der Waals surface area contributed by atoms with Crippen LogP contribution in [0, 0.1) is 0 Å². The molecule has 0 aliphatic carbocycles. The predicted molar refractivity (Wildman–Crippen MR) is 109 cm³/mol. The van der Waals surface area contributed by atoms with E-state index in [0.717, 1.165) is 29.1 Å². The number of methoxy groups -OCH3 is 1.